The van der Waals surface area contributed by atoms with E-state index in [0.29, 0.717) is 19.1 Å². The van der Waals surface area contributed by atoms with Crippen molar-refractivity contribution in [2.75, 3.05) is 13.1 Å². The lowest BCUT2D eigenvalue weighted by Crippen LogP contribution is -2.32. The molecule has 2 N–H and O–H groups in total. The van der Waals surface area contributed by atoms with Gasteiger partial charge in [0.05, 0.1) is 4.90 Å². The molecule has 1 aliphatic carbocycles. The Balaban J connectivity index is 1.95. The minimum Gasteiger partial charge on any atom is -0.313 e. The van der Waals surface area contributed by atoms with Crippen LogP contribution in [0.5, 0.6) is 0 Å². The normalized spacial score (nSPS) is 15.9. The number of hydrogen-bond acceptors (Lipinski definition) is 3. The summed E-state index contributed by atoms with van der Waals surface area (Å²) in [5.41, 5.74) is 0. The van der Waals surface area contributed by atoms with Crippen molar-refractivity contribution in [3.8, 4) is 0 Å². The maximum atomic E-state index is 12.9. The predicted molar refractivity (Wildman–Crippen MR) is 70.3 cm³/mol. The number of halogens is 2. The molecule has 100 valence electrons. The average molecular weight is 337 g/mol. The summed E-state index contributed by atoms with van der Waals surface area (Å²) in [6.07, 6.45) is 2.33. The Labute approximate surface area is 114 Å². The minimum absolute atomic E-state index is 0.0512. The zero-order valence-corrected chi connectivity index (χ0v) is 12.0. The monoisotopic (exact) mass is 336 g/mol. The van der Waals surface area contributed by atoms with Crippen LogP contribution in [0, 0.1) is 5.82 Å². The van der Waals surface area contributed by atoms with E-state index in [9.17, 15) is 12.8 Å². The van der Waals surface area contributed by atoms with Gasteiger partial charge in [0.25, 0.3) is 0 Å². The van der Waals surface area contributed by atoms with Crippen molar-refractivity contribution in [2.45, 2.75) is 23.8 Å². The topological polar surface area (TPSA) is 58.2 Å². The second-order valence-corrected chi connectivity index (χ2v) is 6.79. The van der Waals surface area contributed by atoms with Crippen molar-refractivity contribution in [3.05, 3.63) is 28.5 Å². The van der Waals surface area contributed by atoms with Crippen LogP contribution in [0.4, 0.5) is 4.39 Å². The lowest BCUT2D eigenvalue weighted by molar-refractivity contribution is 0.574. The van der Waals surface area contributed by atoms with Gasteiger partial charge in [0.1, 0.15) is 5.82 Å². The van der Waals surface area contributed by atoms with E-state index in [1.54, 1.807) is 0 Å². The van der Waals surface area contributed by atoms with Crippen LogP contribution in [0.3, 0.4) is 0 Å². The molecule has 1 aliphatic rings. The molecule has 1 fully saturated rings. The Morgan fingerprint density at radius 1 is 1.33 bits per heavy atom. The maximum Gasteiger partial charge on any atom is 0.241 e. The summed E-state index contributed by atoms with van der Waals surface area (Å²) >= 11 is 3.05. The Morgan fingerprint density at radius 3 is 2.67 bits per heavy atom. The van der Waals surface area contributed by atoms with Crippen LogP contribution < -0.4 is 10.0 Å². The van der Waals surface area contributed by atoms with Crippen LogP contribution in [0.15, 0.2) is 27.6 Å². The third-order valence-electron chi connectivity index (χ3n) is 2.61. The van der Waals surface area contributed by atoms with E-state index in [1.165, 1.54) is 6.07 Å². The summed E-state index contributed by atoms with van der Waals surface area (Å²) in [6.45, 7) is 0.922. The van der Waals surface area contributed by atoms with E-state index < -0.39 is 15.8 Å². The van der Waals surface area contributed by atoms with Crippen molar-refractivity contribution in [2.24, 2.45) is 0 Å². The molecule has 0 unspecified atom stereocenters. The standard InChI is InChI=1S/C11H14BrFN2O2S/c12-10-7-8(13)1-4-11(10)18(16,17)15-6-5-14-9-2-3-9/h1,4,7,9,14-15H,2-3,5-6H2. The molecule has 0 aliphatic heterocycles. The molecule has 1 aromatic rings. The molecule has 18 heavy (non-hydrogen) atoms. The van der Waals surface area contributed by atoms with Crippen LogP contribution in [0.2, 0.25) is 0 Å². The Morgan fingerprint density at radius 2 is 2.06 bits per heavy atom. The SMILES string of the molecule is O=S(=O)(NCCNC1CC1)c1ccc(F)cc1Br. The number of nitrogens with one attached hydrogen (secondary N) is 2. The summed E-state index contributed by atoms with van der Waals surface area (Å²) in [4.78, 5) is 0.0512. The summed E-state index contributed by atoms with van der Waals surface area (Å²) < 4.78 is 39.5. The van der Waals surface area contributed by atoms with Crippen LogP contribution >= 0.6 is 15.9 Å². The summed E-state index contributed by atoms with van der Waals surface area (Å²) in [5.74, 6) is -0.476. The highest BCUT2D eigenvalue weighted by molar-refractivity contribution is 9.10. The first kappa shape index (κ1) is 13.9. The molecule has 0 spiro atoms. The zero-order chi connectivity index (χ0) is 13.2. The number of sulfonamides is 1. The van der Waals surface area contributed by atoms with Gasteiger partial charge in [-0.3, -0.25) is 0 Å². The summed E-state index contributed by atoms with van der Waals surface area (Å²) in [5, 5.41) is 3.21. The fourth-order valence-corrected chi connectivity index (χ4v) is 3.60. The lowest BCUT2D eigenvalue weighted by atomic mass is 10.3. The van der Waals surface area contributed by atoms with Crippen LogP contribution in [-0.2, 0) is 10.0 Å². The molecule has 0 saturated heterocycles. The average Bonchev–Trinajstić information content (AvgIpc) is 3.07. The van der Waals surface area contributed by atoms with Gasteiger partial charge in [-0.15, -0.1) is 0 Å². The van der Waals surface area contributed by atoms with Crippen LogP contribution in [0.1, 0.15) is 12.8 Å². The smallest absolute Gasteiger partial charge is 0.241 e. The molecule has 7 heteroatoms. The van der Waals surface area contributed by atoms with E-state index in [4.69, 9.17) is 0 Å². The highest BCUT2D eigenvalue weighted by Crippen LogP contribution is 2.22. The molecule has 1 aromatic carbocycles. The fraction of sp³-hybridized carbons (Fsp3) is 0.455. The zero-order valence-electron chi connectivity index (χ0n) is 9.62. The summed E-state index contributed by atoms with van der Waals surface area (Å²) in [7, 11) is -3.59. The molecule has 0 radical (unpaired) electrons. The van der Waals surface area contributed by atoms with Gasteiger partial charge in [-0.1, -0.05) is 0 Å². The third-order valence-corrected chi connectivity index (χ3v) is 5.05. The number of rotatable bonds is 6. The molecular formula is C11H14BrFN2O2S. The highest BCUT2D eigenvalue weighted by atomic mass is 79.9. The fourth-order valence-electron chi connectivity index (χ4n) is 1.52. The van der Waals surface area contributed by atoms with Gasteiger partial charge < -0.3 is 5.32 Å². The number of benzene rings is 1. The minimum atomic E-state index is -3.59. The Hall–Kier alpha value is -0.500. The van der Waals surface area contributed by atoms with E-state index in [0.717, 1.165) is 25.0 Å². The van der Waals surface area contributed by atoms with Crippen molar-refractivity contribution in [3.63, 3.8) is 0 Å². The molecule has 1 saturated carbocycles. The highest BCUT2D eigenvalue weighted by Gasteiger charge is 2.21. The second kappa shape index (κ2) is 5.64. The van der Waals surface area contributed by atoms with Gasteiger partial charge >= 0.3 is 0 Å². The quantitative estimate of drug-likeness (QED) is 0.776. The molecule has 0 heterocycles. The second-order valence-electron chi connectivity index (χ2n) is 4.20. The molecule has 4 nitrogen and oxygen atoms in total. The third kappa shape index (κ3) is 3.74. The lowest BCUT2D eigenvalue weighted by Gasteiger charge is -2.09. The number of hydrogen-bond donors (Lipinski definition) is 2. The van der Waals surface area contributed by atoms with Gasteiger partial charge in [-0.05, 0) is 47.0 Å². The molecule has 2 rings (SSSR count). The predicted octanol–water partition coefficient (Wildman–Crippen LogP) is 1.62. The van der Waals surface area contributed by atoms with Gasteiger partial charge in [-0.2, -0.15) is 0 Å². The van der Waals surface area contributed by atoms with E-state index in [1.807, 2.05) is 0 Å². The molecule has 0 bridgehead atoms. The largest absolute Gasteiger partial charge is 0.313 e. The molecule has 0 atom stereocenters. The first-order chi connectivity index (χ1) is 8.49. The Kier molecular flexibility index (Phi) is 4.37. The van der Waals surface area contributed by atoms with E-state index in [2.05, 4.69) is 26.0 Å². The molecule has 0 aromatic heterocycles. The van der Waals surface area contributed by atoms with Crippen LogP contribution in [-0.4, -0.2) is 27.5 Å². The van der Waals surface area contributed by atoms with Gasteiger partial charge in [0.2, 0.25) is 10.0 Å². The molecular weight excluding hydrogens is 323 g/mol. The summed E-state index contributed by atoms with van der Waals surface area (Å²) in [6, 6.07) is 4.06. The van der Waals surface area contributed by atoms with Gasteiger partial charge in [0.15, 0.2) is 0 Å². The van der Waals surface area contributed by atoms with Crippen molar-refractivity contribution >= 4 is 26.0 Å². The van der Waals surface area contributed by atoms with Crippen molar-refractivity contribution in [1.82, 2.24) is 10.0 Å². The Bertz CT molecular complexity index is 532. The van der Waals surface area contributed by atoms with E-state index >= 15 is 0 Å². The first-order valence-corrected chi connectivity index (χ1v) is 7.95. The maximum absolute atomic E-state index is 12.9. The van der Waals surface area contributed by atoms with Crippen molar-refractivity contribution < 1.29 is 12.8 Å². The van der Waals surface area contributed by atoms with Crippen LogP contribution in [0.25, 0.3) is 0 Å². The van der Waals surface area contributed by atoms with Crippen molar-refractivity contribution in [1.29, 1.82) is 0 Å². The molecule has 0 amide bonds. The van der Waals surface area contributed by atoms with E-state index in [-0.39, 0.29) is 9.37 Å². The van der Waals surface area contributed by atoms with Gasteiger partial charge in [0, 0.05) is 23.6 Å². The first-order valence-electron chi connectivity index (χ1n) is 5.67. The van der Waals surface area contributed by atoms with Gasteiger partial charge in [-0.25, -0.2) is 17.5 Å².